The molecular formula is C15H25N3O2. The molecule has 0 spiro atoms. The van der Waals surface area contributed by atoms with E-state index in [0.717, 1.165) is 19.4 Å². The van der Waals surface area contributed by atoms with Gasteiger partial charge in [0.15, 0.2) is 0 Å². The van der Waals surface area contributed by atoms with Crippen LogP contribution in [0.15, 0.2) is 24.3 Å². The van der Waals surface area contributed by atoms with Gasteiger partial charge >= 0.3 is 0 Å². The highest BCUT2D eigenvalue weighted by molar-refractivity contribution is 5.96. The number of nitrogens with two attached hydrogens (primary N) is 1. The maximum Gasteiger partial charge on any atom is 0.268 e. The molecular weight excluding hydrogens is 254 g/mol. The van der Waals surface area contributed by atoms with Gasteiger partial charge in [-0.1, -0.05) is 26.0 Å². The second kappa shape index (κ2) is 8.55. The van der Waals surface area contributed by atoms with Crippen molar-refractivity contribution in [3.63, 3.8) is 0 Å². The van der Waals surface area contributed by atoms with Crippen molar-refractivity contribution >= 4 is 5.91 Å². The Balaban J connectivity index is 2.56. The number of likely N-dealkylation sites (N-methyl/N-ethyl adjacent to an activating group) is 1. The number of amides is 1. The number of nitrogens with zero attached hydrogens (tertiary/aromatic N) is 1. The van der Waals surface area contributed by atoms with Gasteiger partial charge < -0.3 is 9.64 Å². The van der Waals surface area contributed by atoms with Crippen LogP contribution in [0.3, 0.4) is 0 Å². The molecule has 0 unspecified atom stereocenters. The SMILES string of the molecule is CCC(CC)N(C)CCOc1ccccc1C(=O)NN. The second-order valence-electron chi connectivity index (χ2n) is 4.77. The summed E-state index contributed by atoms with van der Waals surface area (Å²) in [6.07, 6.45) is 2.25. The molecule has 5 nitrogen and oxygen atoms in total. The summed E-state index contributed by atoms with van der Waals surface area (Å²) in [5, 5.41) is 0. The molecule has 0 radical (unpaired) electrons. The van der Waals surface area contributed by atoms with Crippen LogP contribution in [0.2, 0.25) is 0 Å². The first-order valence-corrected chi connectivity index (χ1v) is 7.07. The fraction of sp³-hybridized carbons (Fsp3) is 0.533. The van der Waals surface area contributed by atoms with Gasteiger partial charge in [-0.15, -0.1) is 0 Å². The molecule has 20 heavy (non-hydrogen) atoms. The zero-order valence-electron chi connectivity index (χ0n) is 12.6. The third kappa shape index (κ3) is 4.51. The number of nitrogens with one attached hydrogen (secondary N) is 1. The van der Waals surface area contributed by atoms with E-state index in [2.05, 4.69) is 31.2 Å². The summed E-state index contributed by atoms with van der Waals surface area (Å²) in [5.41, 5.74) is 2.59. The van der Waals surface area contributed by atoms with Crippen LogP contribution in [-0.2, 0) is 0 Å². The number of hydrogen-bond donors (Lipinski definition) is 2. The number of rotatable bonds is 8. The van der Waals surface area contributed by atoms with E-state index in [4.69, 9.17) is 10.6 Å². The largest absolute Gasteiger partial charge is 0.491 e. The molecule has 1 amide bonds. The molecule has 0 saturated heterocycles. The lowest BCUT2D eigenvalue weighted by molar-refractivity contribution is 0.0948. The molecule has 3 N–H and O–H groups in total. The van der Waals surface area contributed by atoms with Gasteiger partial charge in [-0.3, -0.25) is 10.2 Å². The van der Waals surface area contributed by atoms with Crippen molar-refractivity contribution in [2.45, 2.75) is 32.7 Å². The highest BCUT2D eigenvalue weighted by Crippen LogP contribution is 2.17. The zero-order chi connectivity index (χ0) is 15.0. The normalized spacial score (nSPS) is 10.9. The van der Waals surface area contributed by atoms with Crippen LogP contribution >= 0.6 is 0 Å². The molecule has 0 aromatic heterocycles. The van der Waals surface area contributed by atoms with Gasteiger partial charge in [0.05, 0.1) is 5.56 Å². The molecule has 0 fully saturated rings. The average Bonchev–Trinajstić information content (AvgIpc) is 2.48. The molecule has 0 bridgehead atoms. The molecule has 0 atom stereocenters. The minimum absolute atomic E-state index is 0.339. The van der Waals surface area contributed by atoms with E-state index < -0.39 is 0 Å². The summed E-state index contributed by atoms with van der Waals surface area (Å²) in [7, 11) is 2.10. The lowest BCUT2D eigenvalue weighted by Crippen LogP contribution is -2.34. The molecule has 1 aromatic carbocycles. The molecule has 1 aromatic rings. The molecule has 0 aliphatic carbocycles. The van der Waals surface area contributed by atoms with Gasteiger partial charge in [-0.05, 0) is 32.0 Å². The maximum absolute atomic E-state index is 11.6. The number of carbonyl (C=O) groups excluding carboxylic acids is 1. The number of benzene rings is 1. The van der Waals surface area contributed by atoms with Crippen LogP contribution in [0.4, 0.5) is 0 Å². The molecule has 112 valence electrons. The lowest BCUT2D eigenvalue weighted by atomic mass is 10.1. The van der Waals surface area contributed by atoms with Crippen LogP contribution in [0.25, 0.3) is 0 Å². The monoisotopic (exact) mass is 279 g/mol. The first-order valence-electron chi connectivity index (χ1n) is 7.07. The van der Waals surface area contributed by atoms with E-state index in [0.29, 0.717) is 24.0 Å². The van der Waals surface area contributed by atoms with E-state index in [-0.39, 0.29) is 5.91 Å². The first kappa shape index (κ1) is 16.5. The highest BCUT2D eigenvalue weighted by atomic mass is 16.5. The number of carbonyl (C=O) groups is 1. The fourth-order valence-corrected chi connectivity index (χ4v) is 2.25. The minimum Gasteiger partial charge on any atom is -0.491 e. The Hall–Kier alpha value is -1.59. The Morgan fingerprint density at radius 2 is 2.00 bits per heavy atom. The van der Waals surface area contributed by atoms with Crippen molar-refractivity contribution in [2.75, 3.05) is 20.2 Å². The fourth-order valence-electron chi connectivity index (χ4n) is 2.25. The quantitative estimate of drug-likeness (QED) is 0.432. The van der Waals surface area contributed by atoms with E-state index in [1.54, 1.807) is 18.2 Å². The summed E-state index contributed by atoms with van der Waals surface area (Å²) in [6.45, 7) is 5.74. The topological polar surface area (TPSA) is 67.6 Å². The predicted octanol–water partition coefficient (Wildman–Crippen LogP) is 1.79. The number of ether oxygens (including phenoxy) is 1. The number of para-hydroxylation sites is 1. The molecule has 0 aliphatic heterocycles. The van der Waals surface area contributed by atoms with Gasteiger partial charge in [0.2, 0.25) is 0 Å². The van der Waals surface area contributed by atoms with E-state index in [1.807, 2.05) is 6.07 Å². The second-order valence-corrected chi connectivity index (χ2v) is 4.77. The maximum atomic E-state index is 11.6. The summed E-state index contributed by atoms with van der Waals surface area (Å²) in [6, 6.07) is 7.67. The highest BCUT2D eigenvalue weighted by Gasteiger charge is 2.12. The van der Waals surface area contributed by atoms with Gasteiger partial charge in [0.25, 0.3) is 5.91 Å². The number of hydrogen-bond acceptors (Lipinski definition) is 4. The van der Waals surface area contributed by atoms with Crippen molar-refractivity contribution in [2.24, 2.45) is 5.84 Å². The molecule has 0 saturated carbocycles. The zero-order valence-corrected chi connectivity index (χ0v) is 12.6. The van der Waals surface area contributed by atoms with E-state index in [9.17, 15) is 4.79 Å². The average molecular weight is 279 g/mol. The summed E-state index contributed by atoms with van der Waals surface area (Å²) in [4.78, 5) is 13.9. The molecule has 1 rings (SSSR count). The van der Waals surface area contributed by atoms with Crippen molar-refractivity contribution in [1.29, 1.82) is 0 Å². The van der Waals surface area contributed by atoms with Crippen LogP contribution in [0.5, 0.6) is 5.75 Å². The number of nitrogen functional groups attached to an aromatic ring is 1. The van der Waals surface area contributed by atoms with E-state index in [1.165, 1.54) is 0 Å². The van der Waals surface area contributed by atoms with Crippen molar-refractivity contribution in [3.05, 3.63) is 29.8 Å². The van der Waals surface area contributed by atoms with Gasteiger partial charge in [0.1, 0.15) is 12.4 Å². The van der Waals surface area contributed by atoms with E-state index >= 15 is 0 Å². The molecule has 0 heterocycles. The Bertz CT molecular complexity index is 419. The van der Waals surface area contributed by atoms with Crippen LogP contribution in [0, 0.1) is 0 Å². The Morgan fingerprint density at radius 1 is 1.35 bits per heavy atom. The van der Waals surface area contributed by atoms with Crippen molar-refractivity contribution in [1.82, 2.24) is 10.3 Å². The van der Waals surface area contributed by atoms with Gasteiger partial charge in [-0.25, -0.2) is 5.84 Å². The number of hydrazine groups is 1. The standard InChI is InChI=1S/C15H25N3O2/c1-4-12(5-2)18(3)10-11-20-14-9-7-6-8-13(14)15(19)17-16/h6-9,12H,4-5,10-11,16H2,1-3H3,(H,17,19). The third-order valence-corrected chi connectivity index (χ3v) is 3.53. The third-order valence-electron chi connectivity index (χ3n) is 3.53. The Kier molecular flexibility index (Phi) is 7.04. The van der Waals surface area contributed by atoms with Crippen LogP contribution in [0.1, 0.15) is 37.0 Å². The van der Waals surface area contributed by atoms with Gasteiger partial charge in [0, 0.05) is 12.6 Å². The van der Waals surface area contributed by atoms with Gasteiger partial charge in [-0.2, -0.15) is 0 Å². The molecule has 5 heteroatoms. The Morgan fingerprint density at radius 3 is 2.60 bits per heavy atom. The summed E-state index contributed by atoms with van der Waals surface area (Å²) in [5.74, 6) is 5.39. The molecule has 0 aliphatic rings. The lowest BCUT2D eigenvalue weighted by Gasteiger charge is -2.26. The van der Waals surface area contributed by atoms with Crippen molar-refractivity contribution < 1.29 is 9.53 Å². The summed E-state index contributed by atoms with van der Waals surface area (Å²) >= 11 is 0. The van der Waals surface area contributed by atoms with Crippen LogP contribution in [-0.4, -0.2) is 37.0 Å². The predicted molar refractivity (Wildman–Crippen MR) is 80.6 cm³/mol. The summed E-state index contributed by atoms with van der Waals surface area (Å²) < 4.78 is 5.71. The Labute approximate surface area is 121 Å². The smallest absolute Gasteiger partial charge is 0.268 e. The first-order chi connectivity index (χ1) is 9.63. The van der Waals surface area contributed by atoms with Crippen molar-refractivity contribution in [3.8, 4) is 5.75 Å². The van der Waals surface area contributed by atoms with Crippen LogP contribution < -0.4 is 16.0 Å². The minimum atomic E-state index is -0.339.